The minimum Gasteiger partial charge on any atom is -0.340 e. The Morgan fingerprint density at radius 2 is 2.10 bits per heavy atom. The Hall–Kier alpha value is -1.81. The fraction of sp³-hybridized carbons (Fsp3) is 0.438. The summed E-state index contributed by atoms with van der Waals surface area (Å²) in [6.45, 7) is 4.25. The summed E-state index contributed by atoms with van der Waals surface area (Å²) in [5.74, 6) is 1.07. The van der Waals surface area contributed by atoms with Crippen molar-refractivity contribution in [3.63, 3.8) is 0 Å². The number of likely N-dealkylation sites (N-methyl/N-ethyl adjacent to an activating group) is 1. The van der Waals surface area contributed by atoms with E-state index in [1.165, 1.54) is 12.1 Å². The molecule has 0 amide bonds. The van der Waals surface area contributed by atoms with Crippen LogP contribution in [0.3, 0.4) is 0 Å². The number of hydrogen-bond donors (Lipinski definition) is 1. The molecule has 1 saturated heterocycles. The van der Waals surface area contributed by atoms with E-state index in [-0.39, 0.29) is 0 Å². The molecule has 1 aromatic heterocycles. The van der Waals surface area contributed by atoms with Gasteiger partial charge in [0.15, 0.2) is 0 Å². The first-order valence-corrected chi connectivity index (χ1v) is 7.37. The standard InChI is InChI=1S/C16H22N4/c1-3-13-12-20(15-7-5-4-6-8-15)16(18-13)19-10-9-14(11-19)17-2/h4-8,12,14,17H,3,9-11H2,1-2H3. The van der Waals surface area contributed by atoms with Crippen LogP contribution < -0.4 is 10.2 Å². The van der Waals surface area contributed by atoms with Gasteiger partial charge in [0.1, 0.15) is 0 Å². The molecule has 1 aliphatic heterocycles. The average Bonchev–Trinajstić information content (AvgIpc) is 3.14. The van der Waals surface area contributed by atoms with Crippen molar-refractivity contribution in [2.75, 3.05) is 25.0 Å². The summed E-state index contributed by atoms with van der Waals surface area (Å²) in [6.07, 6.45) is 4.31. The predicted molar refractivity (Wildman–Crippen MR) is 82.6 cm³/mol. The summed E-state index contributed by atoms with van der Waals surface area (Å²) in [5.41, 5.74) is 2.33. The molecule has 2 aromatic rings. The van der Waals surface area contributed by atoms with E-state index in [4.69, 9.17) is 4.98 Å². The average molecular weight is 270 g/mol. The Morgan fingerprint density at radius 1 is 1.30 bits per heavy atom. The molecule has 4 heteroatoms. The molecule has 0 bridgehead atoms. The Bertz CT molecular complexity index is 561. The monoisotopic (exact) mass is 270 g/mol. The maximum absolute atomic E-state index is 4.82. The van der Waals surface area contributed by atoms with Crippen LogP contribution >= 0.6 is 0 Å². The lowest BCUT2D eigenvalue weighted by atomic mass is 10.3. The van der Waals surface area contributed by atoms with E-state index in [0.717, 1.165) is 31.2 Å². The van der Waals surface area contributed by atoms with E-state index in [2.05, 4.69) is 52.2 Å². The molecule has 0 aliphatic carbocycles. The molecule has 0 spiro atoms. The number of rotatable bonds is 4. The van der Waals surface area contributed by atoms with Crippen LogP contribution in [0, 0.1) is 0 Å². The fourth-order valence-electron chi connectivity index (χ4n) is 2.77. The zero-order chi connectivity index (χ0) is 13.9. The first-order chi connectivity index (χ1) is 9.81. The zero-order valence-electron chi connectivity index (χ0n) is 12.2. The third kappa shape index (κ3) is 2.43. The van der Waals surface area contributed by atoms with Gasteiger partial charge < -0.3 is 10.2 Å². The highest BCUT2D eigenvalue weighted by atomic mass is 15.3. The number of hydrogen-bond acceptors (Lipinski definition) is 3. The molecule has 1 aromatic carbocycles. The van der Waals surface area contributed by atoms with Gasteiger partial charge in [0.05, 0.1) is 5.69 Å². The topological polar surface area (TPSA) is 33.1 Å². The molecule has 1 unspecified atom stereocenters. The molecular weight excluding hydrogens is 248 g/mol. The van der Waals surface area contributed by atoms with Gasteiger partial charge in [-0.3, -0.25) is 4.57 Å². The summed E-state index contributed by atoms with van der Waals surface area (Å²) >= 11 is 0. The molecule has 0 radical (unpaired) electrons. The molecule has 3 rings (SSSR count). The molecule has 1 fully saturated rings. The zero-order valence-corrected chi connectivity index (χ0v) is 12.2. The largest absolute Gasteiger partial charge is 0.340 e. The van der Waals surface area contributed by atoms with Crippen LogP contribution in [0.25, 0.3) is 5.69 Å². The number of imidazole rings is 1. The van der Waals surface area contributed by atoms with Crippen LogP contribution in [0.1, 0.15) is 19.0 Å². The van der Waals surface area contributed by atoms with Crippen molar-refractivity contribution >= 4 is 5.95 Å². The quantitative estimate of drug-likeness (QED) is 0.925. The second-order valence-corrected chi connectivity index (χ2v) is 5.31. The lowest BCUT2D eigenvalue weighted by Crippen LogP contribution is -2.30. The summed E-state index contributed by atoms with van der Waals surface area (Å²) in [6, 6.07) is 11.0. The van der Waals surface area contributed by atoms with E-state index in [1.807, 2.05) is 13.1 Å². The van der Waals surface area contributed by atoms with Gasteiger partial charge in [-0.15, -0.1) is 0 Å². The minimum absolute atomic E-state index is 0.570. The van der Waals surface area contributed by atoms with Gasteiger partial charge in [0.2, 0.25) is 5.95 Å². The van der Waals surface area contributed by atoms with Gasteiger partial charge >= 0.3 is 0 Å². The van der Waals surface area contributed by atoms with Crippen LogP contribution in [0.15, 0.2) is 36.5 Å². The highest BCUT2D eigenvalue weighted by Gasteiger charge is 2.25. The number of anilines is 1. The Kier molecular flexibility index (Phi) is 3.74. The second-order valence-electron chi connectivity index (χ2n) is 5.31. The maximum Gasteiger partial charge on any atom is 0.210 e. The van der Waals surface area contributed by atoms with Crippen LogP contribution in [0.5, 0.6) is 0 Å². The van der Waals surface area contributed by atoms with Gasteiger partial charge in [-0.2, -0.15) is 0 Å². The molecule has 1 N–H and O–H groups in total. The molecular formula is C16H22N4. The number of aromatic nitrogens is 2. The lowest BCUT2D eigenvalue weighted by molar-refractivity contribution is 0.616. The van der Waals surface area contributed by atoms with Gasteiger partial charge in [-0.25, -0.2) is 4.98 Å². The number of para-hydroxylation sites is 1. The fourth-order valence-corrected chi connectivity index (χ4v) is 2.77. The first-order valence-electron chi connectivity index (χ1n) is 7.37. The number of aryl methyl sites for hydroxylation is 1. The van der Waals surface area contributed by atoms with Crippen LogP contribution in [-0.2, 0) is 6.42 Å². The second kappa shape index (κ2) is 5.67. The first kappa shape index (κ1) is 13.2. The van der Waals surface area contributed by atoms with Gasteiger partial charge in [0, 0.05) is 31.0 Å². The molecule has 20 heavy (non-hydrogen) atoms. The maximum atomic E-state index is 4.82. The Balaban J connectivity index is 1.96. The molecule has 2 heterocycles. The van der Waals surface area contributed by atoms with Crippen molar-refractivity contribution < 1.29 is 0 Å². The molecule has 1 aliphatic rings. The van der Waals surface area contributed by atoms with Crippen LogP contribution in [-0.4, -0.2) is 35.7 Å². The van der Waals surface area contributed by atoms with Crippen LogP contribution in [0.2, 0.25) is 0 Å². The summed E-state index contributed by atoms with van der Waals surface area (Å²) in [4.78, 5) is 7.20. The van der Waals surface area contributed by atoms with Crippen molar-refractivity contribution in [1.82, 2.24) is 14.9 Å². The molecule has 1 atom stereocenters. The third-order valence-corrected chi connectivity index (χ3v) is 4.01. The van der Waals surface area contributed by atoms with E-state index < -0.39 is 0 Å². The Morgan fingerprint density at radius 3 is 2.75 bits per heavy atom. The summed E-state index contributed by atoms with van der Waals surface area (Å²) < 4.78 is 2.22. The normalized spacial score (nSPS) is 18.7. The summed E-state index contributed by atoms with van der Waals surface area (Å²) in [7, 11) is 2.04. The predicted octanol–water partition coefficient (Wildman–Crippen LogP) is 2.23. The number of nitrogens with zero attached hydrogens (tertiary/aromatic N) is 3. The molecule has 0 saturated carbocycles. The SMILES string of the molecule is CCc1cn(-c2ccccc2)c(N2CCC(NC)C2)n1. The van der Waals surface area contributed by atoms with E-state index >= 15 is 0 Å². The van der Waals surface area contributed by atoms with Crippen LogP contribution in [0.4, 0.5) is 5.95 Å². The van der Waals surface area contributed by atoms with Crippen molar-refractivity contribution in [3.8, 4) is 5.69 Å². The highest BCUT2D eigenvalue weighted by Crippen LogP contribution is 2.24. The van der Waals surface area contributed by atoms with Gasteiger partial charge in [-0.1, -0.05) is 25.1 Å². The van der Waals surface area contributed by atoms with Crippen molar-refractivity contribution in [1.29, 1.82) is 0 Å². The minimum atomic E-state index is 0.570. The number of benzene rings is 1. The number of nitrogens with one attached hydrogen (secondary N) is 1. The smallest absolute Gasteiger partial charge is 0.210 e. The van der Waals surface area contributed by atoms with Crippen molar-refractivity contribution in [2.24, 2.45) is 0 Å². The lowest BCUT2D eigenvalue weighted by Gasteiger charge is -2.19. The van der Waals surface area contributed by atoms with E-state index in [9.17, 15) is 0 Å². The van der Waals surface area contributed by atoms with Crippen molar-refractivity contribution in [3.05, 3.63) is 42.2 Å². The third-order valence-electron chi connectivity index (χ3n) is 4.01. The Labute approximate surface area is 120 Å². The van der Waals surface area contributed by atoms with Gasteiger partial charge in [-0.05, 0) is 32.0 Å². The van der Waals surface area contributed by atoms with Crippen molar-refractivity contribution in [2.45, 2.75) is 25.8 Å². The van der Waals surface area contributed by atoms with Gasteiger partial charge in [0.25, 0.3) is 0 Å². The highest BCUT2D eigenvalue weighted by molar-refractivity contribution is 5.46. The van der Waals surface area contributed by atoms with E-state index in [0.29, 0.717) is 6.04 Å². The summed E-state index contributed by atoms with van der Waals surface area (Å²) in [5, 5.41) is 3.36. The molecule has 106 valence electrons. The molecule has 4 nitrogen and oxygen atoms in total. The van der Waals surface area contributed by atoms with E-state index in [1.54, 1.807) is 0 Å².